The smallest absolute Gasteiger partial charge is 0.272 e. The molecule has 0 N–H and O–H groups in total. The van der Waals surface area contributed by atoms with Gasteiger partial charge in [-0.1, -0.05) is 19.6 Å². The highest BCUT2D eigenvalue weighted by atomic mass is 14.9. The average Bonchev–Trinajstić information content (AvgIpc) is 2.04. The number of rotatable bonds is 1. The summed E-state index contributed by atoms with van der Waals surface area (Å²) < 4.78 is 0. The monoisotopic (exact) mass is 132 g/mol. The molecule has 0 aliphatic heterocycles. The lowest BCUT2D eigenvalue weighted by Crippen LogP contribution is -1.81. The maximum atomic E-state index is 6.75. The molecule has 2 nitrogen and oxygen atoms in total. The zero-order valence-corrected chi connectivity index (χ0v) is 5.83. The lowest BCUT2D eigenvalue weighted by molar-refractivity contribution is 1.12. The Labute approximate surface area is 60.3 Å². The molecule has 1 rings (SSSR count). The molecule has 0 aliphatic carbocycles. The maximum Gasteiger partial charge on any atom is 0.272 e. The van der Waals surface area contributed by atoms with Crippen molar-refractivity contribution in [3.63, 3.8) is 0 Å². The van der Waals surface area contributed by atoms with Gasteiger partial charge in [0.25, 0.3) is 5.82 Å². The first-order valence-corrected chi connectivity index (χ1v) is 3.20. The van der Waals surface area contributed by atoms with Gasteiger partial charge in [0.15, 0.2) is 0 Å². The van der Waals surface area contributed by atoms with Gasteiger partial charge in [-0.2, -0.15) is 0 Å². The molecule has 2 heteroatoms. The number of hydrogen-bond acceptors (Lipinski definition) is 1. The van der Waals surface area contributed by atoms with Crippen LogP contribution in [0, 0.1) is 6.57 Å². The van der Waals surface area contributed by atoms with Gasteiger partial charge in [-0.3, -0.25) is 0 Å². The largest absolute Gasteiger partial charge is 0.360 e. The van der Waals surface area contributed by atoms with E-state index in [-0.39, 0.29) is 0 Å². The predicted octanol–water partition coefficient (Wildman–Crippen LogP) is 2.19. The summed E-state index contributed by atoms with van der Waals surface area (Å²) in [6, 6.07) is 3.79. The predicted molar refractivity (Wildman–Crippen MR) is 39.9 cm³/mol. The first kappa shape index (κ1) is 6.76. The maximum absolute atomic E-state index is 6.75. The molecule has 0 radical (unpaired) electrons. The number of aromatic nitrogens is 1. The molecule has 0 spiro atoms. The van der Waals surface area contributed by atoms with Crippen molar-refractivity contribution >= 4 is 5.82 Å². The van der Waals surface area contributed by atoms with Crippen molar-refractivity contribution in [2.75, 3.05) is 0 Å². The van der Waals surface area contributed by atoms with Crippen LogP contribution in [0.5, 0.6) is 0 Å². The Bertz CT molecular complexity index is 260. The van der Waals surface area contributed by atoms with Crippen LogP contribution in [0.15, 0.2) is 18.3 Å². The number of aryl methyl sites for hydroxylation is 1. The minimum Gasteiger partial charge on any atom is -0.360 e. The van der Waals surface area contributed by atoms with Crippen molar-refractivity contribution in [2.24, 2.45) is 0 Å². The molecule has 1 aromatic rings. The van der Waals surface area contributed by atoms with Gasteiger partial charge in [0.05, 0.1) is 0 Å². The third-order valence-corrected chi connectivity index (χ3v) is 1.35. The van der Waals surface area contributed by atoms with E-state index in [1.54, 1.807) is 6.20 Å². The van der Waals surface area contributed by atoms with E-state index in [0.717, 1.165) is 12.0 Å². The van der Waals surface area contributed by atoms with Crippen LogP contribution in [0.1, 0.15) is 12.5 Å². The normalized spacial score (nSPS) is 8.80. The molecule has 0 unspecified atom stereocenters. The van der Waals surface area contributed by atoms with Gasteiger partial charge in [-0.25, -0.2) is 0 Å². The van der Waals surface area contributed by atoms with E-state index in [1.165, 1.54) is 0 Å². The van der Waals surface area contributed by atoms with E-state index in [4.69, 9.17) is 6.57 Å². The van der Waals surface area contributed by atoms with E-state index >= 15 is 0 Å². The summed E-state index contributed by atoms with van der Waals surface area (Å²) in [6.07, 6.45) is 2.53. The van der Waals surface area contributed by atoms with Gasteiger partial charge in [0.1, 0.15) is 6.20 Å². The van der Waals surface area contributed by atoms with Gasteiger partial charge >= 0.3 is 0 Å². The summed E-state index contributed by atoms with van der Waals surface area (Å²) in [5.74, 6) is 0.532. The Morgan fingerprint density at radius 1 is 1.70 bits per heavy atom. The van der Waals surface area contributed by atoms with E-state index in [0.29, 0.717) is 5.82 Å². The summed E-state index contributed by atoms with van der Waals surface area (Å²) in [7, 11) is 0. The molecule has 1 heterocycles. The van der Waals surface area contributed by atoms with E-state index in [9.17, 15) is 0 Å². The molecular formula is C8H8N2. The molecule has 0 atom stereocenters. The topological polar surface area (TPSA) is 17.2 Å². The van der Waals surface area contributed by atoms with Crippen molar-refractivity contribution < 1.29 is 0 Å². The summed E-state index contributed by atoms with van der Waals surface area (Å²) in [5.41, 5.74) is 1.03. The second kappa shape index (κ2) is 2.98. The molecule has 0 saturated heterocycles. The van der Waals surface area contributed by atoms with Gasteiger partial charge in [-0.15, -0.1) is 4.98 Å². The van der Waals surface area contributed by atoms with Crippen LogP contribution < -0.4 is 0 Å². The fraction of sp³-hybridized carbons (Fsp3) is 0.250. The molecule has 0 fully saturated rings. The molecule has 0 aliphatic rings. The molecule has 10 heavy (non-hydrogen) atoms. The van der Waals surface area contributed by atoms with Gasteiger partial charge in [-0.05, 0) is 18.1 Å². The fourth-order valence-electron chi connectivity index (χ4n) is 0.807. The Morgan fingerprint density at radius 3 is 3.00 bits per heavy atom. The highest BCUT2D eigenvalue weighted by molar-refractivity contribution is 5.44. The Balaban J connectivity index is 3.12. The average molecular weight is 132 g/mol. The van der Waals surface area contributed by atoms with Crippen molar-refractivity contribution in [3.8, 4) is 0 Å². The first-order chi connectivity index (χ1) is 4.88. The lowest BCUT2D eigenvalue weighted by atomic mass is 10.2. The second-order valence-corrected chi connectivity index (χ2v) is 1.95. The lowest BCUT2D eigenvalue weighted by Gasteiger charge is -1.94. The first-order valence-electron chi connectivity index (χ1n) is 3.20. The SMILES string of the molecule is [C-]#[N+]c1ncccc1CC. The third-order valence-electron chi connectivity index (χ3n) is 1.35. The van der Waals surface area contributed by atoms with Crippen LogP contribution in [-0.2, 0) is 6.42 Å². The molecule has 1 aromatic heterocycles. The van der Waals surface area contributed by atoms with E-state index in [1.807, 2.05) is 19.1 Å². The molecule has 0 amide bonds. The van der Waals surface area contributed by atoms with Crippen LogP contribution in [-0.4, -0.2) is 4.98 Å². The van der Waals surface area contributed by atoms with Crippen molar-refractivity contribution in [3.05, 3.63) is 35.3 Å². The second-order valence-electron chi connectivity index (χ2n) is 1.95. The molecule has 0 aromatic carbocycles. The fourth-order valence-corrected chi connectivity index (χ4v) is 0.807. The quantitative estimate of drug-likeness (QED) is 0.535. The third kappa shape index (κ3) is 1.14. The Kier molecular flexibility index (Phi) is 2.01. The summed E-state index contributed by atoms with van der Waals surface area (Å²) in [6.45, 7) is 8.77. The molecular weight excluding hydrogens is 124 g/mol. The minimum absolute atomic E-state index is 0.532. The van der Waals surface area contributed by atoms with Crippen LogP contribution in [0.3, 0.4) is 0 Å². The Hall–Kier alpha value is -1.36. The Morgan fingerprint density at radius 2 is 2.50 bits per heavy atom. The van der Waals surface area contributed by atoms with E-state index < -0.39 is 0 Å². The van der Waals surface area contributed by atoms with Crippen molar-refractivity contribution in [2.45, 2.75) is 13.3 Å². The van der Waals surface area contributed by atoms with Crippen LogP contribution in [0.2, 0.25) is 0 Å². The zero-order valence-electron chi connectivity index (χ0n) is 5.83. The van der Waals surface area contributed by atoms with Crippen LogP contribution in [0.4, 0.5) is 5.82 Å². The van der Waals surface area contributed by atoms with Crippen molar-refractivity contribution in [1.29, 1.82) is 0 Å². The van der Waals surface area contributed by atoms with Crippen LogP contribution in [0.25, 0.3) is 4.85 Å². The molecule has 0 bridgehead atoms. The zero-order chi connectivity index (χ0) is 7.40. The van der Waals surface area contributed by atoms with Crippen LogP contribution >= 0.6 is 0 Å². The van der Waals surface area contributed by atoms with Gasteiger partial charge in [0, 0.05) is 0 Å². The molecule has 50 valence electrons. The van der Waals surface area contributed by atoms with Gasteiger partial charge in [0.2, 0.25) is 0 Å². The molecule has 0 saturated carbocycles. The highest BCUT2D eigenvalue weighted by Gasteiger charge is 1.97. The summed E-state index contributed by atoms with van der Waals surface area (Å²) >= 11 is 0. The number of hydrogen-bond donors (Lipinski definition) is 0. The minimum atomic E-state index is 0.532. The van der Waals surface area contributed by atoms with E-state index in [2.05, 4.69) is 9.83 Å². The highest BCUT2D eigenvalue weighted by Crippen LogP contribution is 2.14. The standard InChI is InChI=1S/C8H8N2/c1-3-7-5-4-6-10-8(7)9-2/h4-6H,3H2,1H3. The number of pyridine rings is 1. The van der Waals surface area contributed by atoms with Gasteiger partial charge < -0.3 is 4.85 Å². The summed E-state index contributed by atoms with van der Waals surface area (Å²) in [4.78, 5) is 7.19. The number of nitrogens with zero attached hydrogens (tertiary/aromatic N) is 2. The summed E-state index contributed by atoms with van der Waals surface area (Å²) in [5, 5.41) is 0. The van der Waals surface area contributed by atoms with Crippen molar-refractivity contribution in [1.82, 2.24) is 4.98 Å².